The van der Waals surface area contributed by atoms with Crippen LogP contribution >= 0.6 is 0 Å². The van der Waals surface area contributed by atoms with Gasteiger partial charge >= 0.3 is 5.97 Å². The molecule has 0 amide bonds. The van der Waals surface area contributed by atoms with Crippen molar-refractivity contribution in [1.29, 1.82) is 0 Å². The fourth-order valence-corrected chi connectivity index (χ4v) is 1.83. The van der Waals surface area contributed by atoms with Gasteiger partial charge in [-0.2, -0.15) is 0 Å². The summed E-state index contributed by atoms with van der Waals surface area (Å²) in [6.45, 7) is 3.42. The summed E-state index contributed by atoms with van der Waals surface area (Å²) in [7, 11) is 1.35. The fraction of sp³-hybridized carbons (Fsp3) is 0.267. The number of rotatable bonds is 5. The van der Waals surface area contributed by atoms with Crippen LogP contribution in [0.2, 0.25) is 0 Å². The first kappa shape index (κ1) is 13.4. The molecule has 2 rings (SSSR count). The van der Waals surface area contributed by atoms with E-state index in [1.807, 2.05) is 12.1 Å². The number of benzene rings is 1. The normalized spacial score (nSPS) is 10.4. The number of esters is 1. The summed E-state index contributed by atoms with van der Waals surface area (Å²) in [5.74, 6) is 0.336. The number of carbonyl (C=O) groups excluding carboxylic acids is 1. The van der Waals surface area contributed by atoms with Crippen LogP contribution in [-0.2, 0) is 17.8 Å². The summed E-state index contributed by atoms with van der Waals surface area (Å²) >= 11 is 0. The average Bonchev–Trinajstić information content (AvgIpc) is 2.89. The maximum absolute atomic E-state index is 11.3. The van der Waals surface area contributed by atoms with E-state index < -0.39 is 0 Å². The molecule has 0 radical (unpaired) electrons. The highest BCUT2D eigenvalue weighted by atomic mass is 16.5. The lowest BCUT2D eigenvalue weighted by molar-refractivity contribution is 0.0600. The Hall–Kier alpha value is -2.07. The third kappa shape index (κ3) is 3.45. The molecule has 0 saturated carbocycles. The molecule has 1 aromatic carbocycles. The number of hydrogen-bond donors (Lipinski definition) is 1. The quantitative estimate of drug-likeness (QED) is 0.839. The summed E-state index contributed by atoms with van der Waals surface area (Å²) in [6.07, 6.45) is 1.41. The summed E-state index contributed by atoms with van der Waals surface area (Å²) < 4.78 is 9.91. The minimum Gasteiger partial charge on any atom is -0.467 e. The van der Waals surface area contributed by atoms with E-state index in [0.717, 1.165) is 6.54 Å². The van der Waals surface area contributed by atoms with Crippen LogP contribution in [0.4, 0.5) is 0 Å². The van der Waals surface area contributed by atoms with Gasteiger partial charge in [0, 0.05) is 6.54 Å². The van der Waals surface area contributed by atoms with E-state index in [2.05, 4.69) is 29.1 Å². The van der Waals surface area contributed by atoms with Gasteiger partial charge in [-0.05, 0) is 24.1 Å². The van der Waals surface area contributed by atoms with Crippen molar-refractivity contribution in [3.63, 3.8) is 0 Å². The van der Waals surface area contributed by atoms with Gasteiger partial charge in [-0.1, -0.05) is 24.3 Å². The van der Waals surface area contributed by atoms with E-state index in [1.54, 1.807) is 6.07 Å². The molecular formula is C15H17NO3. The third-order valence-corrected chi connectivity index (χ3v) is 2.95. The second-order valence-electron chi connectivity index (χ2n) is 4.32. The molecule has 0 aliphatic rings. The van der Waals surface area contributed by atoms with Crippen LogP contribution in [0, 0.1) is 6.92 Å². The van der Waals surface area contributed by atoms with Crippen molar-refractivity contribution >= 4 is 5.97 Å². The number of furan rings is 1. The zero-order valence-electron chi connectivity index (χ0n) is 11.1. The van der Waals surface area contributed by atoms with E-state index in [1.165, 1.54) is 24.5 Å². The molecule has 0 spiro atoms. The Bertz CT molecular complexity index is 560. The number of aryl methyl sites for hydroxylation is 1. The van der Waals surface area contributed by atoms with Crippen LogP contribution in [0.25, 0.3) is 0 Å². The number of hydrogen-bond acceptors (Lipinski definition) is 4. The van der Waals surface area contributed by atoms with Gasteiger partial charge in [0.05, 0.1) is 19.2 Å². The summed E-state index contributed by atoms with van der Waals surface area (Å²) in [5.41, 5.74) is 2.95. The Morgan fingerprint density at radius 2 is 2.11 bits per heavy atom. The topological polar surface area (TPSA) is 51.5 Å². The molecule has 0 saturated heterocycles. The Morgan fingerprint density at radius 1 is 1.32 bits per heavy atom. The predicted octanol–water partition coefficient (Wildman–Crippen LogP) is 2.66. The van der Waals surface area contributed by atoms with Crippen molar-refractivity contribution in [1.82, 2.24) is 5.32 Å². The highest BCUT2D eigenvalue weighted by Crippen LogP contribution is 2.10. The minimum atomic E-state index is -0.381. The molecule has 0 aliphatic carbocycles. The first-order chi connectivity index (χ1) is 9.20. The van der Waals surface area contributed by atoms with Crippen LogP contribution in [0.3, 0.4) is 0 Å². The minimum absolute atomic E-state index is 0.381. The van der Waals surface area contributed by atoms with Crippen molar-refractivity contribution in [2.75, 3.05) is 7.11 Å². The van der Waals surface area contributed by atoms with Crippen LogP contribution in [0.1, 0.15) is 27.2 Å². The molecule has 1 N–H and O–H groups in total. The van der Waals surface area contributed by atoms with E-state index in [-0.39, 0.29) is 5.97 Å². The molecule has 4 heteroatoms. The number of ether oxygens (including phenoxy) is 1. The number of nitrogens with one attached hydrogen (secondary N) is 1. The summed E-state index contributed by atoms with van der Waals surface area (Å²) in [4.78, 5) is 11.3. The molecule has 2 aromatic rings. The van der Waals surface area contributed by atoms with Crippen LogP contribution in [0.15, 0.2) is 41.0 Å². The summed E-state index contributed by atoms with van der Waals surface area (Å²) in [6, 6.07) is 9.90. The van der Waals surface area contributed by atoms with Gasteiger partial charge in [-0.25, -0.2) is 4.79 Å². The molecule has 0 unspecified atom stereocenters. The van der Waals surface area contributed by atoms with Gasteiger partial charge in [0.1, 0.15) is 12.0 Å². The highest BCUT2D eigenvalue weighted by Gasteiger charge is 2.09. The number of methoxy groups -OCH3 is 1. The SMILES string of the molecule is COC(=O)c1coc(CNCc2ccccc2C)c1. The zero-order chi connectivity index (χ0) is 13.7. The Kier molecular flexibility index (Phi) is 4.36. The first-order valence-electron chi connectivity index (χ1n) is 6.11. The van der Waals surface area contributed by atoms with Crippen molar-refractivity contribution in [2.24, 2.45) is 0 Å². The molecular weight excluding hydrogens is 242 g/mol. The molecule has 0 aliphatic heterocycles. The van der Waals surface area contributed by atoms with Crippen LogP contribution in [0.5, 0.6) is 0 Å². The largest absolute Gasteiger partial charge is 0.467 e. The van der Waals surface area contributed by atoms with E-state index >= 15 is 0 Å². The average molecular weight is 259 g/mol. The van der Waals surface area contributed by atoms with E-state index in [9.17, 15) is 4.79 Å². The molecule has 0 fully saturated rings. The second-order valence-corrected chi connectivity index (χ2v) is 4.32. The fourth-order valence-electron chi connectivity index (χ4n) is 1.83. The maximum atomic E-state index is 11.3. The lowest BCUT2D eigenvalue weighted by Crippen LogP contribution is -2.13. The molecule has 0 atom stereocenters. The Morgan fingerprint density at radius 3 is 2.84 bits per heavy atom. The molecule has 100 valence electrons. The summed E-state index contributed by atoms with van der Waals surface area (Å²) in [5, 5.41) is 3.28. The predicted molar refractivity (Wildman–Crippen MR) is 71.8 cm³/mol. The van der Waals surface area contributed by atoms with Crippen LogP contribution < -0.4 is 5.32 Å². The van der Waals surface area contributed by atoms with Crippen LogP contribution in [-0.4, -0.2) is 13.1 Å². The molecule has 1 aromatic heterocycles. The van der Waals surface area contributed by atoms with Gasteiger partial charge in [0.25, 0.3) is 0 Å². The second kappa shape index (κ2) is 6.20. The van der Waals surface area contributed by atoms with E-state index in [0.29, 0.717) is 17.9 Å². The Labute approximate surface area is 112 Å². The molecule has 19 heavy (non-hydrogen) atoms. The van der Waals surface area contributed by atoms with Crippen molar-refractivity contribution in [3.8, 4) is 0 Å². The van der Waals surface area contributed by atoms with Crippen molar-refractivity contribution in [2.45, 2.75) is 20.0 Å². The van der Waals surface area contributed by atoms with E-state index in [4.69, 9.17) is 4.42 Å². The van der Waals surface area contributed by atoms with Crippen molar-refractivity contribution < 1.29 is 13.9 Å². The Balaban J connectivity index is 1.88. The van der Waals surface area contributed by atoms with Gasteiger partial charge in [-0.3, -0.25) is 0 Å². The lowest BCUT2D eigenvalue weighted by Gasteiger charge is -2.05. The highest BCUT2D eigenvalue weighted by molar-refractivity contribution is 5.88. The monoisotopic (exact) mass is 259 g/mol. The maximum Gasteiger partial charge on any atom is 0.341 e. The number of carbonyl (C=O) groups is 1. The van der Waals surface area contributed by atoms with Gasteiger partial charge in [0.2, 0.25) is 0 Å². The van der Waals surface area contributed by atoms with Gasteiger partial charge < -0.3 is 14.5 Å². The van der Waals surface area contributed by atoms with Crippen molar-refractivity contribution in [3.05, 3.63) is 59.0 Å². The first-order valence-corrected chi connectivity index (χ1v) is 6.11. The third-order valence-electron chi connectivity index (χ3n) is 2.95. The molecule has 4 nitrogen and oxygen atoms in total. The smallest absolute Gasteiger partial charge is 0.341 e. The molecule has 1 heterocycles. The lowest BCUT2D eigenvalue weighted by atomic mass is 10.1. The van der Waals surface area contributed by atoms with Gasteiger partial charge in [-0.15, -0.1) is 0 Å². The zero-order valence-corrected chi connectivity index (χ0v) is 11.1. The molecule has 0 bridgehead atoms. The van der Waals surface area contributed by atoms with Gasteiger partial charge in [0.15, 0.2) is 0 Å². The standard InChI is InChI=1S/C15H17NO3/c1-11-5-3-4-6-12(11)8-16-9-14-7-13(10-19-14)15(17)18-2/h3-7,10,16H,8-9H2,1-2H3.